The van der Waals surface area contributed by atoms with E-state index in [0.717, 1.165) is 5.56 Å². The van der Waals surface area contributed by atoms with E-state index in [0.29, 0.717) is 11.1 Å². The molecule has 0 unspecified atom stereocenters. The maximum absolute atomic E-state index is 5.89. The molecule has 16 heavy (non-hydrogen) atoms. The lowest BCUT2D eigenvalue weighted by Gasteiger charge is -2.08. The average molecular weight is 232 g/mol. The number of hydrogen-bond donors (Lipinski definition) is 0. The summed E-state index contributed by atoms with van der Waals surface area (Å²) in [5.41, 5.74) is 3.64. The number of pyridine rings is 1. The van der Waals surface area contributed by atoms with Crippen molar-refractivity contribution in [1.29, 1.82) is 0 Å². The van der Waals surface area contributed by atoms with E-state index >= 15 is 0 Å². The Balaban J connectivity index is 2.44. The first kappa shape index (κ1) is 11.2. The Kier molecular flexibility index (Phi) is 3.25. The van der Waals surface area contributed by atoms with Crippen LogP contribution >= 0.6 is 11.6 Å². The molecule has 0 aliphatic carbocycles. The molecule has 82 valence electrons. The topological polar surface area (TPSA) is 12.9 Å². The Morgan fingerprint density at radius 1 is 1.06 bits per heavy atom. The number of halogens is 1. The molecule has 0 aliphatic heterocycles. The zero-order valence-electron chi connectivity index (χ0n) is 9.44. The molecule has 0 bridgehead atoms. The van der Waals surface area contributed by atoms with Crippen molar-refractivity contribution in [3.05, 3.63) is 53.3 Å². The molecule has 2 heteroatoms. The van der Waals surface area contributed by atoms with Crippen molar-refractivity contribution in [1.82, 2.24) is 4.98 Å². The molecular formula is C14H14ClN. The highest BCUT2D eigenvalue weighted by Crippen LogP contribution is 2.24. The zero-order chi connectivity index (χ0) is 11.5. The van der Waals surface area contributed by atoms with Crippen molar-refractivity contribution in [2.75, 3.05) is 0 Å². The molecule has 0 saturated heterocycles. The van der Waals surface area contributed by atoms with Crippen LogP contribution in [0.1, 0.15) is 25.3 Å². The summed E-state index contributed by atoms with van der Waals surface area (Å²) >= 11 is 5.89. The molecule has 0 aliphatic rings. The number of rotatable bonds is 2. The third-order valence-electron chi connectivity index (χ3n) is 2.61. The van der Waals surface area contributed by atoms with E-state index in [1.54, 1.807) is 6.20 Å². The Morgan fingerprint density at radius 3 is 2.50 bits per heavy atom. The summed E-state index contributed by atoms with van der Waals surface area (Å²) in [5.74, 6) is 0.539. The van der Waals surface area contributed by atoms with Gasteiger partial charge in [0.05, 0.1) is 0 Å². The fourth-order valence-electron chi connectivity index (χ4n) is 1.66. The van der Waals surface area contributed by atoms with Crippen molar-refractivity contribution in [2.24, 2.45) is 0 Å². The number of benzene rings is 1. The largest absolute Gasteiger partial charge is 0.245 e. The van der Waals surface area contributed by atoms with Crippen LogP contribution in [0.4, 0.5) is 0 Å². The lowest BCUT2D eigenvalue weighted by molar-refractivity contribution is 0.867. The molecular weight excluding hydrogens is 218 g/mol. The highest BCUT2D eigenvalue weighted by Gasteiger charge is 2.02. The van der Waals surface area contributed by atoms with E-state index in [1.165, 1.54) is 11.1 Å². The fraction of sp³-hybridized carbons (Fsp3) is 0.214. The number of hydrogen-bond acceptors (Lipinski definition) is 1. The van der Waals surface area contributed by atoms with E-state index < -0.39 is 0 Å². The van der Waals surface area contributed by atoms with Crippen LogP contribution in [0.2, 0.25) is 5.15 Å². The lowest BCUT2D eigenvalue weighted by atomic mass is 9.98. The summed E-state index contributed by atoms with van der Waals surface area (Å²) in [5, 5.41) is 0.535. The Labute approximate surface area is 101 Å². The first-order chi connectivity index (χ1) is 7.66. The predicted molar refractivity (Wildman–Crippen MR) is 68.8 cm³/mol. The maximum atomic E-state index is 5.89. The molecule has 0 amide bonds. The van der Waals surface area contributed by atoms with Crippen LogP contribution in [0, 0.1) is 0 Å². The van der Waals surface area contributed by atoms with Gasteiger partial charge >= 0.3 is 0 Å². The zero-order valence-corrected chi connectivity index (χ0v) is 10.2. The second-order valence-corrected chi connectivity index (χ2v) is 4.53. The molecule has 1 nitrogen and oxygen atoms in total. The van der Waals surface area contributed by atoms with Gasteiger partial charge in [0.25, 0.3) is 0 Å². The number of nitrogens with zero attached hydrogens (tertiary/aromatic N) is 1. The van der Waals surface area contributed by atoms with Gasteiger partial charge in [-0.2, -0.15) is 0 Å². The first-order valence-electron chi connectivity index (χ1n) is 5.38. The van der Waals surface area contributed by atoms with Crippen LogP contribution in [0.15, 0.2) is 42.6 Å². The van der Waals surface area contributed by atoms with E-state index in [4.69, 9.17) is 11.6 Å². The highest BCUT2D eigenvalue weighted by molar-refractivity contribution is 6.29. The monoisotopic (exact) mass is 231 g/mol. The Hall–Kier alpha value is -1.34. The van der Waals surface area contributed by atoms with Crippen molar-refractivity contribution in [3.63, 3.8) is 0 Å². The van der Waals surface area contributed by atoms with Crippen LogP contribution in [-0.2, 0) is 0 Å². The summed E-state index contributed by atoms with van der Waals surface area (Å²) in [7, 11) is 0. The van der Waals surface area contributed by atoms with Crippen LogP contribution in [-0.4, -0.2) is 4.98 Å². The van der Waals surface area contributed by atoms with Gasteiger partial charge in [0.15, 0.2) is 0 Å². The predicted octanol–water partition coefficient (Wildman–Crippen LogP) is 4.53. The third kappa shape index (κ3) is 2.42. The molecule has 0 fully saturated rings. The molecule has 0 spiro atoms. The second-order valence-electron chi connectivity index (χ2n) is 4.15. The van der Waals surface area contributed by atoms with Gasteiger partial charge in [-0.3, -0.25) is 0 Å². The first-order valence-corrected chi connectivity index (χ1v) is 5.76. The van der Waals surface area contributed by atoms with Gasteiger partial charge in [-0.25, -0.2) is 4.98 Å². The van der Waals surface area contributed by atoms with Crippen molar-refractivity contribution in [3.8, 4) is 11.1 Å². The minimum atomic E-state index is 0.535. The third-order valence-corrected chi connectivity index (χ3v) is 2.82. The molecule has 1 heterocycles. The van der Waals surface area contributed by atoms with Crippen molar-refractivity contribution < 1.29 is 0 Å². The summed E-state index contributed by atoms with van der Waals surface area (Å²) in [4.78, 5) is 3.99. The maximum Gasteiger partial charge on any atom is 0.129 e. The quantitative estimate of drug-likeness (QED) is 0.693. The minimum Gasteiger partial charge on any atom is -0.245 e. The fourth-order valence-corrected chi connectivity index (χ4v) is 1.83. The van der Waals surface area contributed by atoms with Gasteiger partial charge in [-0.1, -0.05) is 49.7 Å². The van der Waals surface area contributed by atoms with Crippen LogP contribution in [0.25, 0.3) is 11.1 Å². The molecule has 1 aromatic carbocycles. The smallest absolute Gasteiger partial charge is 0.129 e. The molecule has 2 rings (SSSR count). The molecule has 0 N–H and O–H groups in total. The average Bonchev–Trinajstić information content (AvgIpc) is 2.29. The van der Waals surface area contributed by atoms with Crippen molar-refractivity contribution in [2.45, 2.75) is 19.8 Å². The van der Waals surface area contributed by atoms with Gasteiger partial charge < -0.3 is 0 Å². The summed E-state index contributed by atoms with van der Waals surface area (Å²) in [6.07, 6.45) is 1.74. The summed E-state index contributed by atoms with van der Waals surface area (Å²) in [6, 6.07) is 12.4. The van der Waals surface area contributed by atoms with E-state index in [-0.39, 0.29) is 0 Å². The molecule has 0 radical (unpaired) electrons. The second kappa shape index (κ2) is 4.67. The SMILES string of the molecule is CC(C)c1cccc(-c2ccnc(Cl)c2)c1. The van der Waals surface area contributed by atoms with Gasteiger partial charge in [0.1, 0.15) is 5.15 Å². The molecule has 0 saturated carbocycles. The van der Waals surface area contributed by atoms with Gasteiger partial charge in [-0.05, 0) is 34.7 Å². The van der Waals surface area contributed by atoms with Crippen LogP contribution in [0.3, 0.4) is 0 Å². The minimum absolute atomic E-state index is 0.535. The Bertz CT molecular complexity index is 492. The molecule has 2 aromatic rings. The van der Waals surface area contributed by atoms with E-state index in [2.05, 4.69) is 43.1 Å². The van der Waals surface area contributed by atoms with E-state index in [9.17, 15) is 0 Å². The van der Waals surface area contributed by atoms with Crippen LogP contribution in [0.5, 0.6) is 0 Å². The van der Waals surface area contributed by atoms with Crippen LogP contribution < -0.4 is 0 Å². The molecule has 1 aromatic heterocycles. The molecule has 0 atom stereocenters. The standard InChI is InChI=1S/C14H14ClN/c1-10(2)11-4-3-5-12(8-11)13-6-7-16-14(15)9-13/h3-10H,1-2H3. The Morgan fingerprint density at radius 2 is 1.81 bits per heavy atom. The van der Waals surface area contributed by atoms with Gasteiger partial charge in [0.2, 0.25) is 0 Å². The van der Waals surface area contributed by atoms with Gasteiger partial charge in [-0.15, -0.1) is 0 Å². The highest BCUT2D eigenvalue weighted by atomic mass is 35.5. The van der Waals surface area contributed by atoms with Gasteiger partial charge in [0, 0.05) is 6.20 Å². The normalized spacial score (nSPS) is 10.8. The van der Waals surface area contributed by atoms with E-state index in [1.807, 2.05) is 12.1 Å². The number of aromatic nitrogens is 1. The van der Waals surface area contributed by atoms with Crippen molar-refractivity contribution >= 4 is 11.6 Å². The lowest BCUT2D eigenvalue weighted by Crippen LogP contribution is -1.88. The summed E-state index contributed by atoms with van der Waals surface area (Å²) in [6.45, 7) is 4.39. The summed E-state index contributed by atoms with van der Waals surface area (Å²) < 4.78 is 0.